The predicted octanol–water partition coefficient (Wildman–Crippen LogP) is 4.86. The number of aromatic nitrogens is 3. The topological polar surface area (TPSA) is 62.5 Å². The van der Waals surface area contributed by atoms with Crippen LogP contribution in [0.3, 0.4) is 0 Å². The Hall–Kier alpha value is -3.52. The quantitative estimate of drug-likeness (QED) is 0.442. The molecule has 0 spiro atoms. The molecule has 1 fully saturated rings. The molecule has 2 aromatic carbocycles. The molecule has 0 bridgehead atoms. The number of nitrogens with one attached hydrogen (secondary N) is 1. The van der Waals surface area contributed by atoms with Gasteiger partial charge in [-0.3, -0.25) is 4.79 Å². The molecule has 4 aromatic rings. The molecular formula is C25H22ClF2N5O. The minimum Gasteiger partial charge on any atom is -0.355 e. The fourth-order valence-electron chi connectivity index (χ4n) is 4.26. The molecule has 0 unspecified atom stereocenters. The summed E-state index contributed by atoms with van der Waals surface area (Å²) in [6, 6.07) is 12.3. The third kappa shape index (κ3) is 4.59. The van der Waals surface area contributed by atoms with Gasteiger partial charge in [0.25, 0.3) is 0 Å². The van der Waals surface area contributed by atoms with Crippen molar-refractivity contribution < 1.29 is 13.6 Å². The Kier molecular flexibility index (Phi) is 6.15. The Bertz CT molecular complexity index is 1330. The minimum atomic E-state index is -0.404. The zero-order valence-corrected chi connectivity index (χ0v) is 19.0. The summed E-state index contributed by atoms with van der Waals surface area (Å²) in [5, 5.41) is 7.83. The molecule has 1 aliphatic heterocycles. The van der Waals surface area contributed by atoms with Gasteiger partial charge in [-0.1, -0.05) is 17.7 Å². The summed E-state index contributed by atoms with van der Waals surface area (Å²) >= 11 is 6.05. The number of carbonyl (C=O) groups excluding carboxylic acids is 1. The molecule has 1 amide bonds. The molecule has 2 aromatic heterocycles. The van der Waals surface area contributed by atoms with Crippen LogP contribution < -0.4 is 10.2 Å². The molecular weight excluding hydrogens is 460 g/mol. The lowest BCUT2D eigenvalue weighted by Gasteiger charge is -2.32. The standard InChI is InChI=1S/C25H22ClF2N5O/c26-21-13-20(28)6-3-18(21)15-30-25(34)17-7-10-32(11-8-17)24-23-14-22(31-33(23)12-9-29-24)16-1-4-19(27)5-2-16/h1-6,9,12-14,17H,7-8,10-11,15H2,(H,30,34). The van der Waals surface area contributed by atoms with Crippen LogP contribution in [0.4, 0.5) is 14.6 Å². The van der Waals surface area contributed by atoms with Crippen molar-refractivity contribution in [3.63, 3.8) is 0 Å². The van der Waals surface area contributed by atoms with Gasteiger partial charge in [-0.05, 0) is 60.9 Å². The Morgan fingerprint density at radius 2 is 1.79 bits per heavy atom. The van der Waals surface area contributed by atoms with Crippen molar-refractivity contribution in [2.75, 3.05) is 18.0 Å². The fraction of sp³-hybridized carbons (Fsp3) is 0.240. The van der Waals surface area contributed by atoms with Gasteiger partial charge in [0.1, 0.15) is 17.2 Å². The Morgan fingerprint density at radius 1 is 1.06 bits per heavy atom. The second kappa shape index (κ2) is 9.38. The van der Waals surface area contributed by atoms with Crippen LogP contribution in [-0.4, -0.2) is 33.6 Å². The second-order valence-electron chi connectivity index (χ2n) is 8.33. The first-order chi connectivity index (χ1) is 16.5. The summed E-state index contributed by atoms with van der Waals surface area (Å²) in [6.07, 6.45) is 4.86. The number of amides is 1. The molecule has 9 heteroatoms. The van der Waals surface area contributed by atoms with E-state index < -0.39 is 5.82 Å². The van der Waals surface area contributed by atoms with Gasteiger partial charge in [-0.2, -0.15) is 5.10 Å². The van der Waals surface area contributed by atoms with E-state index in [2.05, 4.69) is 20.3 Å². The van der Waals surface area contributed by atoms with E-state index in [0.717, 1.165) is 22.6 Å². The van der Waals surface area contributed by atoms with Crippen molar-refractivity contribution in [2.45, 2.75) is 19.4 Å². The minimum absolute atomic E-state index is 0.0332. The van der Waals surface area contributed by atoms with E-state index in [0.29, 0.717) is 36.5 Å². The first-order valence-electron chi connectivity index (χ1n) is 11.0. The van der Waals surface area contributed by atoms with Crippen molar-refractivity contribution in [2.24, 2.45) is 5.92 Å². The molecule has 0 aliphatic carbocycles. The maximum Gasteiger partial charge on any atom is 0.223 e. The van der Waals surface area contributed by atoms with E-state index in [1.54, 1.807) is 35.1 Å². The molecule has 1 aliphatic rings. The van der Waals surface area contributed by atoms with Crippen molar-refractivity contribution in [3.05, 3.63) is 83.1 Å². The van der Waals surface area contributed by atoms with Crippen molar-refractivity contribution in [1.29, 1.82) is 0 Å². The molecule has 1 saturated heterocycles. The number of anilines is 1. The first-order valence-corrected chi connectivity index (χ1v) is 11.4. The zero-order valence-electron chi connectivity index (χ0n) is 18.2. The second-order valence-corrected chi connectivity index (χ2v) is 8.74. The maximum atomic E-state index is 13.3. The van der Waals surface area contributed by atoms with Gasteiger partial charge < -0.3 is 10.2 Å². The number of rotatable bonds is 5. The van der Waals surface area contributed by atoms with Crippen LogP contribution in [0, 0.1) is 17.6 Å². The summed E-state index contributed by atoms with van der Waals surface area (Å²) in [4.78, 5) is 19.4. The monoisotopic (exact) mass is 481 g/mol. The molecule has 0 atom stereocenters. The Morgan fingerprint density at radius 3 is 2.53 bits per heavy atom. The molecule has 0 radical (unpaired) electrons. The lowest BCUT2D eigenvalue weighted by atomic mass is 9.95. The van der Waals surface area contributed by atoms with Crippen LogP contribution in [-0.2, 0) is 11.3 Å². The van der Waals surface area contributed by atoms with Crippen LogP contribution >= 0.6 is 11.6 Å². The number of hydrogen-bond donors (Lipinski definition) is 1. The lowest BCUT2D eigenvalue weighted by Crippen LogP contribution is -2.40. The van der Waals surface area contributed by atoms with E-state index in [9.17, 15) is 13.6 Å². The number of piperidine rings is 1. The van der Waals surface area contributed by atoms with E-state index in [1.807, 2.05) is 6.07 Å². The summed E-state index contributed by atoms with van der Waals surface area (Å²) in [6.45, 7) is 1.62. The number of carbonyl (C=O) groups is 1. The maximum absolute atomic E-state index is 13.3. The van der Waals surface area contributed by atoms with E-state index in [1.165, 1.54) is 24.3 Å². The normalized spacial score (nSPS) is 14.5. The summed E-state index contributed by atoms with van der Waals surface area (Å²) in [5.41, 5.74) is 3.11. The Labute approximate surface area is 200 Å². The fourth-order valence-corrected chi connectivity index (χ4v) is 4.49. The van der Waals surface area contributed by atoms with Gasteiger partial charge in [0.05, 0.1) is 5.69 Å². The highest BCUT2D eigenvalue weighted by Gasteiger charge is 2.27. The van der Waals surface area contributed by atoms with Gasteiger partial charge in [-0.25, -0.2) is 18.3 Å². The first kappa shape index (κ1) is 22.3. The average molecular weight is 482 g/mol. The summed E-state index contributed by atoms with van der Waals surface area (Å²) < 4.78 is 28.3. The smallest absolute Gasteiger partial charge is 0.223 e. The van der Waals surface area contributed by atoms with Gasteiger partial charge >= 0.3 is 0 Å². The Balaban J connectivity index is 1.25. The number of benzene rings is 2. The van der Waals surface area contributed by atoms with E-state index in [4.69, 9.17) is 11.6 Å². The molecule has 1 N–H and O–H groups in total. The van der Waals surface area contributed by atoms with Crippen LogP contribution in [0.15, 0.2) is 60.9 Å². The SMILES string of the molecule is O=C(NCc1ccc(F)cc1Cl)C1CCN(c2nccn3nc(-c4ccc(F)cc4)cc23)CC1. The van der Waals surface area contributed by atoms with Crippen LogP contribution in [0.25, 0.3) is 16.8 Å². The average Bonchev–Trinajstić information content (AvgIpc) is 3.28. The number of fused-ring (bicyclic) bond motifs is 1. The molecule has 3 heterocycles. The predicted molar refractivity (Wildman–Crippen MR) is 127 cm³/mol. The van der Waals surface area contributed by atoms with Crippen LogP contribution in [0.5, 0.6) is 0 Å². The van der Waals surface area contributed by atoms with Crippen molar-refractivity contribution in [1.82, 2.24) is 19.9 Å². The zero-order chi connectivity index (χ0) is 23.7. The van der Waals surface area contributed by atoms with E-state index >= 15 is 0 Å². The largest absolute Gasteiger partial charge is 0.355 e. The van der Waals surface area contributed by atoms with Crippen molar-refractivity contribution >= 4 is 28.8 Å². The van der Waals surface area contributed by atoms with E-state index in [-0.39, 0.29) is 24.2 Å². The van der Waals surface area contributed by atoms with Gasteiger partial charge in [0.2, 0.25) is 5.91 Å². The molecule has 0 saturated carbocycles. The van der Waals surface area contributed by atoms with Crippen molar-refractivity contribution in [3.8, 4) is 11.3 Å². The summed E-state index contributed by atoms with van der Waals surface area (Å²) in [5.74, 6) is -0.0362. The number of halogens is 3. The number of nitrogens with zero attached hydrogens (tertiary/aromatic N) is 4. The van der Waals surface area contributed by atoms with Crippen LogP contribution in [0.2, 0.25) is 5.02 Å². The van der Waals surface area contributed by atoms with Gasteiger partial charge in [0.15, 0.2) is 5.82 Å². The highest BCUT2D eigenvalue weighted by atomic mass is 35.5. The van der Waals surface area contributed by atoms with Crippen LogP contribution in [0.1, 0.15) is 18.4 Å². The summed E-state index contributed by atoms with van der Waals surface area (Å²) in [7, 11) is 0. The van der Waals surface area contributed by atoms with Gasteiger partial charge in [-0.15, -0.1) is 0 Å². The lowest BCUT2D eigenvalue weighted by molar-refractivity contribution is -0.125. The molecule has 5 rings (SSSR count). The molecule has 6 nitrogen and oxygen atoms in total. The molecule has 34 heavy (non-hydrogen) atoms. The third-order valence-electron chi connectivity index (χ3n) is 6.14. The molecule has 174 valence electrons. The third-order valence-corrected chi connectivity index (χ3v) is 6.49. The highest BCUT2D eigenvalue weighted by molar-refractivity contribution is 6.31. The van der Waals surface area contributed by atoms with Gasteiger partial charge in [0, 0.05) is 48.5 Å². The highest BCUT2D eigenvalue weighted by Crippen LogP contribution is 2.28. The number of hydrogen-bond acceptors (Lipinski definition) is 4.